The van der Waals surface area contributed by atoms with Gasteiger partial charge in [0.25, 0.3) is 5.91 Å². The van der Waals surface area contributed by atoms with Gasteiger partial charge in [-0.25, -0.2) is 0 Å². The first-order valence-electron chi connectivity index (χ1n) is 17.2. The number of nitriles is 1. The van der Waals surface area contributed by atoms with Crippen LogP contribution in [0.5, 0.6) is 0 Å². The number of nitrogens with one attached hydrogen (secondary N) is 1. The van der Waals surface area contributed by atoms with Crippen molar-refractivity contribution in [1.82, 2.24) is 25.0 Å². The molecule has 0 spiro atoms. The number of nitrogens with zero attached hydrogens (tertiary/aromatic N) is 6. The number of amides is 2. The van der Waals surface area contributed by atoms with E-state index in [1.54, 1.807) is 23.5 Å². The third-order valence-electron chi connectivity index (χ3n) is 9.93. The molecule has 3 atom stereocenters. The fraction of sp³-hybridized carbons (Fsp3) is 0.410. The number of hydrogen-bond donors (Lipinski definition) is 1. The molecule has 12 heteroatoms. The Labute approximate surface area is 302 Å². The van der Waals surface area contributed by atoms with Crippen LogP contribution in [0.1, 0.15) is 102 Å². The molecule has 6 rings (SSSR count). The Hall–Kier alpha value is -5.15. The number of aryl methyl sites for hydroxylation is 2. The first kappa shape index (κ1) is 35.7. The Bertz CT molecular complexity index is 2100. The van der Waals surface area contributed by atoms with Gasteiger partial charge in [0.15, 0.2) is 5.82 Å². The van der Waals surface area contributed by atoms with Gasteiger partial charge in [-0.05, 0) is 74.8 Å². The molecule has 51 heavy (non-hydrogen) atoms. The summed E-state index contributed by atoms with van der Waals surface area (Å²) >= 11 is 1.64. The zero-order valence-electron chi connectivity index (χ0n) is 30.3. The van der Waals surface area contributed by atoms with Gasteiger partial charge in [-0.3, -0.25) is 23.9 Å². The molecule has 2 aliphatic rings. The summed E-state index contributed by atoms with van der Waals surface area (Å²) in [4.78, 5) is 47.8. The summed E-state index contributed by atoms with van der Waals surface area (Å²) in [5, 5.41) is 22.8. The van der Waals surface area contributed by atoms with Crippen molar-refractivity contribution in [3.05, 3.63) is 86.8 Å². The molecule has 2 aromatic carbocycles. The Kier molecular flexibility index (Phi) is 9.70. The average Bonchev–Trinajstić information content (AvgIpc) is 3.77. The van der Waals surface area contributed by atoms with Crippen LogP contribution in [0.4, 0.5) is 0 Å². The molecule has 1 saturated heterocycles. The van der Waals surface area contributed by atoms with Crippen molar-refractivity contribution in [2.75, 3.05) is 13.7 Å². The number of carbonyl (C=O) groups is 3. The third kappa shape index (κ3) is 6.70. The molecule has 264 valence electrons. The van der Waals surface area contributed by atoms with Crippen molar-refractivity contribution in [3.63, 3.8) is 0 Å². The van der Waals surface area contributed by atoms with Gasteiger partial charge in [0.1, 0.15) is 22.9 Å². The Morgan fingerprint density at radius 2 is 1.75 bits per heavy atom. The van der Waals surface area contributed by atoms with Gasteiger partial charge in [0.05, 0.1) is 36.4 Å². The minimum Gasteiger partial charge on any atom is -0.469 e. The predicted octanol–water partition coefficient (Wildman–Crippen LogP) is 6.40. The van der Waals surface area contributed by atoms with E-state index < -0.39 is 29.4 Å². The van der Waals surface area contributed by atoms with Crippen LogP contribution in [-0.4, -0.2) is 68.9 Å². The summed E-state index contributed by atoms with van der Waals surface area (Å²) in [6.45, 7) is 14.6. The Balaban J connectivity index is 1.31. The van der Waals surface area contributed by atoms with Crippen LogP contribution in [0.25, 0.3) is 16.1 Å². The quantitative estimate of drug-likeness (QED) is 0.219. The van der Waals surface area contributed by atoms with Crippen molar-refractivity contribution in [1.29, 1.82) is 5.26 Å². The minimum absolute atomic E-state index is 0.0160. The smallest absolute Gasteiger partial charge is 0.308 e. The van der Waals surface area contributed by atoms with Crippen molar-refractivity contribution in [3.8, 4) is 22.2 Å². The summed E-state index contributed by atoms with van der Waals surface area (Å²) < 4.78 is 7.00. The van der Waals surface area contributed by atoms with E-state index in [9.17, 15) is 19.6 Å². The second kappa shape index (κ2) is 13.9. The molecule has 0 aliphatic carbocycles. The zero-order valence-corrected chi connectivity index (χ0v) is 31.1. The first-order valence-corrected chi connectivity index (χ1v) is 18.0. The first-order chi connectivity index (χ1) is 24.2. The Morgan fingerprint density at radius 3 is 2.37 bits per heavy atom. The fourth-order valence-electron chi connectivity index (χ4n) is 6.88. The maximum absolute atomic E-state index is 13.6. The minimum atomic E-state index is -0.737. The van der Waals surface area contributed by atoms with Gasteiger partial charge in [-0.2, -0.15) is 5.26 Å². The fourth-order valence-corrected chi connectivity index (χ4v) is 8.10. The summed E-state index contributed by atoms with van der Waals surface area (Å²) in [5.74, 6) is 0.354. The lowest BCUT2D eigenvalue weighted by molar-refractivity contribution is -0.141. The molecule has 0 radical (unpaired) electrons. The highest BCUT2D eigenvalue weighted by atomic mass is 32.1. The van der Waals surface area contributed by atoms with Gasteiger partial charge >= 0.3 is 5.97 Å². The maximum Gasteiger partial charge on any atom is 0.308 e. The normalized spacial score (nSPS) is 17.5. The second-order valence-corrected chi connectivity index (χ2v) is 15.6. The average molecular weight is 706 g/mol. The van der Waals surface area contributed by atoms with E-state index in [4.69, 9.17) is 9.73 Å². The lowest BCUT2D eigenvalue weighted by atomic mass is 9.85. The lowest BCUT2D eigenvalue weighted by Crippen LogP contribution is -2.55. The molecule has 3 unspecified atom stereocenters. The number of aromatic nitrogens is 3. The molecule has 2 amide bonds. The molecule has 4 heterocycles. The number of ether oxygens (including phenoxy) is 1. The largest absolute Gasteiger partial charge is 0.469 e. The van der Waals surface area contributed by atoms with Crippen LogP contribution in [0.2, 0.25) is 0 Å². The number of rotatable bonds is 7. The van der Waals surface area contributed by atoms with E-state index in [0.29, 0.717) is 18.2 Å². The molecule has 1 fully saturated rings. The summed E-state index contributed by atoms with van der Waals surface area (Å²) in [6.07, 6.45) is 1.90. The summed E-state index contributed by atoms with van der Waals surface area (Å²) in [6, 6.07) is 14.0. The molecule has 2 aromatic heterocycles. The van der Waals surface area contributed by atoms with E-state index in [1.165, 1.54) is 7.11 Å². The summed E-state index contributed by atoms with van der Waals surface area (Å²) in [5.41, 5.74) is 5.18. The monoisotopic (exact) mass is 705 g/mol. The molecular weight excluding hydrogens is 663 g/mol. The number of esters is 1. The number of carbonyl (C=O) groups excluding carboxylic acids is 3. The number of aliphatic imine (C=N–C) groups is 1. The zero-order chi connectivity index (χ0) is 36.8. The number of fused-ring (bicyclic) bond motifs is 3. The van der Waals surface area contributed by atoms with Crippen molar-refractivity contribution in [2.45, 2.75) is 85.9 Å². The molecule has 2 aliphatic heterocycles. The van der Waals surface area contributed by atoms with Crippen LogP contribution in [0.15, 0.2) is 47.5 Å². The topological polar surface area (TPSA) is 143 Å². The molecule has 1 N–H and O–H groups in total. The van der Waals surface area contributed by atoms with Crippen LogP contribution < -0.4 is 5.32 Å². The van der Waals surface area contributed by atoms with E-state index in [0.717, 1.165) is 56.2 Å². The van der Waals surface area contributed by atoms with E-state index >= 15 is 0 Å². The second-order valence-electron chi connectivity index (χ2n) is 14.4. The van der Waals surface area contributed by atoms with Crippen LogP contribution in [0.3, 0.4) is 0 Å². The van der Waals surface area contributed by atoms with Gasteiger partial charge in [-0.1, -0.05) is 51.1 Å². The van der Waals surface area contributed by atoms with E-state index in [1.807, 2.05) is 74.4 Å². The standard InChI is InChI=1S/C39H43N7O4S/c1-21-10-9-17-45(21)37(49)34(39(5,6)7)42-36(48)29-16-15-27(18-28(29)20-40)25-11-13-26(14-12-25)33-32-22(2)23(3)51-38(32)46-24(4)43-44-35(46)30(41-33)19-31(47)50-8/h11-16,18,21,30,34H,9-10,17,19H2,1-8H3,(H,42,48). The highest BCUT2D eigenvalue weighted by molar-refractivity contribution is 7.15. The van der Waals surface area contributed by atoms with Crippen molar-refractivity contribution < 1.29 is 19.1 Å². The molecular formula is C39H43N7O4S. The van der Waals surface area contributed by atoms with Crippen molar-refractivity contribution in [2.24, 2.45) is 10.4 Å². The van der Waals surface area contributed by atoms with E-state index in [2.05, 4.69) is 35.4 Å². The highest BCUT2D eigenvalue weighted by Gasteiger charge is 2.39. The molecule has 0 saturated carbocycles. The highest BCUT2D eigenvalue weighted by Crippen LogP contribution is 2.40. The predicted molar refractivity (Wildman–Crippen MR) is 196 cm³/mol. The van der Waals surface area contributed by atoms with Gasteiger partial charge in [-0.15, -0.1) is 21.5 Å². The number of benzene rings is 2. The van der Waals surface area contributed by atoms with Crippen LogP contribution >= 0.6 is 11.3 Å². The Morgan fingerprint density at radius 1 is 1.06 bits per heavy atom. The molecule has 11 nitrogen and oxygen atoms in total. The van der Waals surface area contributed by atoms with Crippen LogP contribution in [-0.2, 0) is 14.3 Å². The number of likely N-dealkylation sites (tertiary alicyclic amines) is 1. The van der Waals surface area contributed by atoms with Gasteiger partial charge in [0, 0.05) is 28.6 Å². The number of thiophene rings is 1. The molecule has 0 bridgehead atoms. The number of hydrogen-bond acceptors (Lipinski definition) is 9. The third-order valence-corrected chi connectivity index (χ3v) is 11.1. The maximum atomic E-state index is 13.6. The summed E-state index contributed by atoms with van der Waals surface area (Å²) in [7, 11) is 1.36. The lowest BCUT2D eigenvalue weighted by Gasteiger charge is -2.35. The SMILES string of the molecule is COC(=O)CC1N=C(c2ccc(-c3ccc(C(=O)NC(C(=O)N4CCCC4C)C(C)(C)C)c(C#N)c3)cc2)c2c(sc(C)c2C)-n2c(C)nnc21. The van der Waals surface area contributed by atoms with Crippen molar-refractivity contribution >= 4 is 34.8 Å². The van der Waals surface area contributed by atoms with E-state index in [-0.39, 0.29) is 29.5 Å². The van der Waals surface area contributed by atoms with Gasteiger partial charge in [0.2, 0.25) is 5.91 Å². The van der Waals surface area contributed by atoms with Crippen LogP contribution in [0, 0.1) is 37.5 Å². The number of methoxy groups -OCH3 is 1. The molecule has 4 aromatic rings. The van der Waals surface area contributed by atoms with Gasteiger partial charge < -0.3 is 15.0 Å².